The summed E-state index contributed by atoms with van der Waals surface area (Å²) in [5.74, 6) is 0.174. The van der Waals surface area contributed by atoms with Gasteiger partial charge in [-0.3, -0.25) is 4.79 Å². The van der Waals surface area contributed by atoms with Gasteiger partial charge in [-0.05, 0) is 41.7 Å². The van der Waals surface area contributed by atoms with Gasteiger partial charge >= 0.3 is 0 Å². The molecule has 4 rings (SSSR count). The normalized spacial score (nSPS) is 17.9. The molecule has 4 heteroatoms. The van der Waals surface area contributed by atoms with E-state index in [-0.39, 0.29) is 5.91 Å². The lowest BCUT2D eigenvalue weighted by atomic mass is 10.0. The summed E-state index contributed by atoms with van der Waals surface area (Å²) in [6, 6.07) is 17.0. The molecule has 1 saturated heterocycles. The monoisotopic (exact) mass is 336 g/mol. The van der Waals surface area contributed by atoms with E-state index in [1.165, 1.54) is 22.4 Å². The number of aliphatic hydroxyl groups excluding tert-OH is 1. The summed E-state index contributed by atoms with van der Waals surface area (Å²) >= 11 is 0. The van der Waals surface area contributed by atoms with Gasteiger partial charge < -0.3 is 14.9 Å². The molecule has 0 radical (unpaired) electrons. The molecule has 0 aliphatic carbocycles. The average Bonchev–Trinajstić information content (AvgIpc) is 3.22. The minimum atomic E-state index is -0.498. The molecular weight excluding hydrogens is 312 g/mol. The first kappa shape index (κ1) is 16.2. The number of anilines is 1. The van der Waals surface area contributed by atoms with Gasteiger partial charge in [-0.15, -0.1) is 0 Å². The Hall–Kier alpha value is -2.33. The molecule has 1 unspecified atom stereocenters. The molecule has 2 aromatic rings. The van der Waals surface area contributed by atoms with Crippen LogP contribution in [0, 0.1) is 0 Å². The lowest BCUT2D eigenvalue weighted by molar-refractivity contribution is -0.128. The van der Waals surface area contributed by atoms with E-state index in [9.17, 15) is 9.90 Å². The van der Waals surface area contributed by atoms with Gasteiger partial charge in [0, 0.05) is 38.3 Å². The van der Waals surface area contributed by atoms with Gasteiger partial charge in [0.15, 0.2) is 0 Å². The largest absolute Gasteiger partial charge is 0.389 e. The van der Waals surface area contributed by atoms with Crippen molar-refractivity contribution in [2.45, 2.75) is 25.4 Å². The maximum Gasteiger partial charge on any atom is 0.222 e. The molecule has 4 nitrogen and oxygen atoms in total. The van der Waals surface area contributed by atoms with Crippen LogP contribution in [0.4, 0.5) is 5.69 Å². The van der Waals surface area contributed by atoms with E-state index in [4.69, 9.17) is 0 Å². The van der Waals surface area contributed by atoms with E-state index in [2.05, 4.69) is 47.4 Å². The predicted molar refractivity (Wildman–Crippen MR) is 99.6 cm³/mol. The zero-order valence-electron chi connectivity index (χ0n) is 14.4. The molecular formula is C21H24N2O2. The maximum absolute atomic E-state index is 11.7. The number of likely N-dealkylation sites (tertiary alicyclic amines) is 1. The Morgan fingerprint density at radius 3 is 2.48 bits per heavy atom. The van der Waals surface area contributed by atoms with E-state index < -0.39 is 6.10 Å². The number of amides is 1. The van der Waals surface area contributed by atoms with Crippen LogP contribution in [0.5, 0.6) is 0 Å². The zero-order chi connectivity index (χ0) is 17.2. The minimum Gasteiger partial charge on any atom is -0.389 e. The Kier molecular flexibility index (Phi) is 4.45. The molecule has 130 valence electrons. The second-order valence-electron chi connectivity index (χ2n) is 7.00. The second kappa shape index (κ2) is 6.89. The molecule has 0 spiro atoms. The van der Waals surface area contributed by atoms with Crippen molar-refractivity contribution in [3.05, 3.63) is 54.1 Å². The molecule has 0 bridgehead atoms. The fourth-order valence-corrected chi connectivity index (χ4v) is 3.93. The Bertz CT molecular complexity index is 760. The lowest BCUT2D eigenvalue weighted by Crippen LogP contribution is -2.40. The van der Waals surface area contributed by atoms with Crippen LogP contribution in [-0.4, -0.2) is 48.2 Å². The number of hydrogen-bond donors (Lipinski definition) is 1. The van der Waals surface area contributed by atoms with Gasteiger partial charge in [0.2, 0.25) is 5.91 Å². The van der Waals surface area contributed by atoms with Crippen LogP contribution >= 0.6 is 0 Å². The highest BCUT2D eigenvalue weighted by molar-refractivity contribution is 5.78. The smallest absolute Gasteiger partial charge is 0.222 e. The highest BCUT2D eigenvalue weighted by Crippen LogP contribution is 2.32. The molecule has 2 aliphatic heterocycles. The van der Waals surface area contributed by atoms with E-state index >= 15 is 0 Å². The van der Waals surface area contributed by atoms with E-state index in [1.807, 2.05) is 6.07 Å². The molecule has 0 saturated carbocycles. The maximum atomic E-state index is 11.7. The number of aliphatic hydroxyl groups is 1. The molecule has 1 N–H and O–H groups in total. The number of carbonyl (C=O) groups excluding carboxylic acids is 1. The van der Waals surface area contributed by atoms with Crippen molar-refractivity contribution in [1.29, 1.82) is 0 Å². The summed E-state index contributed by atoms with van der Waals surface area (Å²) in [6.45, 7) is 2.75. The van der Waals surface area contributed by atoms with Crippen molar-refractivity contribution >= 4 is 11.6 Å². The molecule has 1 amide bonds. The number of nitrogens with zero attached hydrogens (tertiary/aromatic N) is 2. The predicted octanol–water partition coefficient (Wildman–Crippen LogP) is 2.70. The summed E-state index contributed by atoms with van der Waals surface area (Å²) in [5.41, 5.74) is 5.03. The lowest BCUT2D eigenvalue weighted by Gasteiger charge is -2.26. The topological polar surface area (TPSA) is 43.8 Å². The fraction of sp³-hybridized carbons (Fsp3) is 0.381. The molecule has 1 fully saturated rings. The third kappa shape index (κ3) is 3.40. The number of β-amino-alcohol motifs (C(OH)–C–C–N with tert-alkyl or cyclic N) is 1. The van der Waals surface area contributed by atoms with Gasteiger partial charge in [0.25, 0.3) is 0 Å². The molecule has 2 heterocycles. The summed E-state index contributed by atoms with van der Waals surface area (Å²) < 4.78 is 0. The quantitative estimate of drug-likeness (QED) is 0.913. The number of hydrogen-bond acceptors (Lipinski definition) is 3. The SMILES string of the molecule is O=C1CCCN1CC(O)CN1CCc2cc(-c3ccccc3)ccc21. The fourth-order valence-electron chi connectivity index (χ4n) is 3.93. The zero-order valence-corrected chi connectivity index (χ0v) is 14.4. The molecule has 25 heavy (non-hydrogen) atoms. The van der Waals surface area contributed by atoms with Crippen molar-refractivity contribution in [3.63, 3.8) is 0 Å². The van der Waals surface area contributed by atoms with Crippen LogP contribution in [0.15, 0.2) is 48.5 Å². The number of rotatable bonds is 5. The summed E-state index contributed by atoms with van der Waals surface area (Å²) in [5, 5.41) is 10.4. The van der Waals surface area contributed by atoms with Crippen molar-refractivity contribution in [2.75, 3.05) is 31.1 Å². The van der Waals surface area contributed by atoms with Crippen LogP contribution in [0.3, 0.4) is 0 Å². The third-order valence-corrected chi connectivity index (χ3v) is 5.21. The standard InChI is InChI=1S/C21H24N2O2/c24-19(15-23-11-4-7-21(23)25)14-22-12-10-18-13-17(8-9-20(18)22)16-5-2-1-3-6-16/h1-3,5-6,8-9,13,19,24H,4,7,10-12,14-15H2. The number of benzene rings is 2. The number of carbonyl (C=O) groups is 1. The van der Waals surface area contributed by atoms with Gasteiger partial charge in [0.1, 0.15) is 0 Å². The van der Waals surface area contributed by atoms with E-state index in [0.717, 1.165) is 25.9 Å². The Morgan fingerprint density at radius 2 is 1.72 bits per heavy atom. The van der Waals surface area contributed by atoms with Crippen molar-refractivity contribution in [3.8, 4) is 11.1 Å². The Balaban J connectivity index is 1.44. The van der Waals surface area contributed by atoms with Crippen molar-refractivity contribution < 1.29 is 9.90 Å². The van der Waals surface area contributed by atoms with Crippen molar-refractivity contribution in [1.82, 2.24) is 4.90 Å². The van der Waals surface area contributed by atoms with Gasteiger partial charge in [0.05, 0.1) is 6.10 Å². The first-order valence-electron chi connectivity index (χ1n) is 9.10. The molecule has 0 aromatic heterocycles. The minimum absolute atomic E-state index is 0.174. The van der Waals surface area contributed by atoms with E-state index in [0.29, 0.717) is 19.5 Å². The van der Waals surface area contributed by atoms with Crippen LogP contribution < -0.4 is 4.90 Å². The Morgan fingerprint density at radius 1 is 0.920 bits per heavy atom. The van der Waals surface area contributed by atoms with Crippen molar-refractivity contribution in [2.24, 2.45) is 0 Å². The first-order valence-corrected chi connectivity index (χ1v) is 9.10. The van der Waals surface area contributed by atoms with Crippen LogP contribution in [0.1, 0.15) is 18.4 Å². The van der Waals surface area contributed by atoms with E-state index in [1.54, 1.807) is 4.90 Å². The second-order valence-corrected chi connectivity index (χ2v) is 7.00. The highest BCUT2D eigenvalue weighted by atomic mass is 16.3. The molecule has 2 aromatic carbocycles. The summed E-state index contributed by atoms with van der Waals surface area (Å²) in [6.07, 6.45) is 2.05. The van der Waals surface area contributed by atoms with Crippen LogP contribution in [-0.2, 0) is 11.2 Å². The summed E-state index contributed by atoms with van der Waals surface area (Å²) in [4.78, 5) is 15.8. The average molecular weight is 336 g/mol. The van der Waals surface area contributed by atoms with Crippen LogP contribution in [0.25, 0.3) is 11.1 Å². The summed E-state index contributed by atoms with van der Waals surface area (Å²) in [7, 11) is 0. The molecule has 1 atom stereocenters. The molecule has 2 aliphatic rings. The number of fused-ring (bicyclic) bond motifs is 1. The first-order chi connectivity index (χ1) is 12.2. The van der Waals surface area contributed by atoms with Gasteiger partial charge in [-0.1, -0.05) is 36.4 Å². The van der Waals surface area contributed by atoms with Gasteiger partial charge in [-0.2, -0.15) is 0 Å². The van der Waals surface area contributed by atoms with Gasteiger partial charge in [-0.25, -0.2) is 0 Å². The van der Waals surface area contributed by atoms with Crippen LogP contribution in [0.2, 0.25) is 0 Å². The highest BCUT2D eigenvalue weighted by Gasteiger charge is 2.26. The third-order valence-electron chi connectivity index (χ3n) is 5.21. The Labute approximate surface area is 148 Å².